The minimum absolute atomic E-state index is 0.0555. The molecule has 3 N–H and O–H groups in total. The SMILES string of the molecule is CNC(=O)c1cc(S(=O)(=O)Nc2ccc(S(=O)(=O)Nc3ccccn3)cc2)ccc1OC. The maximum Gasteiger partial charge on any atom is 0.263 e. The molecule has 12 heteroatoms. The molecule has 0 aliphatic carbocycles. The highest BCUT2D eigenvalue weighted by Gasteiger charge is 2.20. The predicted molar refractivity (Wildman–Crippen MR) is 119 cm³/mol. The molecule has 0 radical (unpaired) electrons. The standard InChI is InChI=1S/C20H20N4O6S2/c1-21-20(25)17-13-16(10-11-18(17)30-2)32(28,29)23-14-6-8-15(9-7-14)31(26,27)24-19-5-3-4-12-22-19/h3-13,23H,1-2H3,(H,21,25)(H,22,24). The van der Waals surface area contributed by atoms with Crippen LogP contribution in [0.4, 0.5) is 11.5 Å². The van der Waals surface area contributed by atoms with Crippen LogP contribution in [-0.4, -0.2) is 41.9 Å². The molecule has 168 valence electrons. The van der Waals surface area contributed by atoms with E-state index in [0.29, 0.717) is 0 Å². The smallest absolute Gasteiger partial charge is 0.263 e. The summed E-state index contributed by atoms with van der Waals surface area (Å²) >= 11 is 0. The highest BCUT2D eigenvalue weighted by molar-refractivity contribution is 7.93. The van der Waals surface area contributed by atoms with Gasteiger partial charge in [-0.1, -0.05) is 6.07 Å². The van der Waals surface area contributed by atoms with Crippen molar-refractivity contribution < 1.29 is 26.4 Å². The van der Waals surface area contributed by atoms with Gasteiger partial charge in [0.2, 0.25) is 0 Å². The first-order valence-corrected chi connectivity index (χ1v) is 12.1. The molecule has 0 spiro atoms. The first-order chi connectivity index (χ1) is 15.2. The van der Waals surface area contributed by atoms with Gasteiger partial charge in [-0.2, -0.15) is 0 Å². The van der Waals surface area contributed by atoms with Gasteiger partial charge in [0.25, 0.3) is 26.0 Å². The van der Waals surface area contributed by atoms with Gasteiger partial charge in [0.05, 0.1) is 22.5 Å². The third-order valence-corrected chi connectivity index (χ3v) is 7.02. The second-order valence-electron chi connectivity index (χ2n) is 6.39. The first-order valence-electron chi connectivity index (χ1n) is 9.13. The highest BCUT2D eigenvalue weighted by Crippen LogP contribution is 2.25. The number of sulfonamides is 2. The van der Waals surface area contributed by atoms with E-state index in [1.807, 2.05) is 0 Å². The number of hydrogen-bond donors (Lipinski definition) is 3. The maximum atomic E-state index is 12.8. The van der Waals surface area contributed by atoms with Crippen LogP contribution in [0.2, 0.25) is 0 Å². The average molecular weight is 477 g/mol. The van der Waals surface area contributed by atoms with Crippen LogP contribution in [-0.2, 0) is 20.0 Å². The minimum Gasteiger partial charge on any atom is -0.496 e. The number of methoxy groups -OCH3 is 1. The van der Waals surface area contributed by atoms with Crippen LogP contribution in [0.25, 0.3) is 0 Å². The van der Waals surface area contributed by atoms with Crippen LogP contribution in [0, 0.1) is 0 Å². The molecule has 2 aromatic carbocycles. The lowest BCUT2D eigenvalue weighted by Crippen LogP contribution is -2.20. The fraction of sp³-hybridized carbons (Fsp3) is 0.100. The van der Waals surface area contributed by atoms with E-state index in [1.54, 1.807) is 12.1 Å². The summed E-state index contributed by atoms with van der Waals surface area (Å²) in [5, 5.41) is 2.42. The molecule has 1 heterocycles. The van der Waals surface area contributed by atoms with Gasteiger partial charge in [-0.05, 0) is 54.6 Å². The number of amides is 1. The Bertz CT molecular complexity index is 1330. The monoisotopic (exact) mass is 476 g/mol. The number of ether oxygens (including phenoxy) is 1. The summed E-state index contributed by atoms with van der Waals surface area (Å²) in [7, 11) is -5.18. The molecule has 0 saturated heterocycles. The Morgan fingerprint density at radius 1 is 0.875 bits per heavy atom. The van der Waals surface area contributed by atoms with Crippen LogP contribution in [0.5, 0.6) is 5.75 Å². The van der Waals surface area contributed by atoms with E-state index in [0.717, 1.165) is 0 Å². The molecule has 0 saturated carbocycles. The Kier molecular flexibility index (Phi) is 6.65. The number of pyridine rings is 1. The Balaban J connectivity index is 1.82. The van der Waals surface area contributed by atoms with Crippen molar-refractivity contribution in [3.8, 4) is 5.75 Å². The molecular weight excluding hydrogens is 456 g/mol. The second-order valence-corrected chi connectivity index (χ2v) is 9.76. The number of carbonyl (C=O) groups is 1. The molecule has 3 aromatic rings. The van der Waals surface area contributed by atoms with Crippen molar-refractivity contribution in [2.75, 3.05) is 23.6 Å². The molecule has 10 nitrogen and oxygen atoms in total. The van der Waals surface area contributed by atoms with Gasteiger partial charge in [0.15, 0.2) is 0 Å². The van der Waals surface area contributed by atoms with Gasteiger partial charge < -0.3 is 10.1 Å². The lowest BCUT2D eigenvalue weighted by atomic mass is 10.2. The molecule has 0 aliphatic rings. The summed E-state index contributed by atoms with van der Waals surface area (Å²) in [5.74, 6) is -0.129. The van der Waals surface area contributed by atoms with Crippen molar-refractivity contribution in [2.45, 2.75) is 9.79 Å². The number of aromatic nitrogens is 1. The Morgan fingerprint density at radius 3 is 2.12 bits per heavy atom. The summed E-state index contributed by atoms with van der Waals surface area (Å²) in [6.07, 6.45) is 1.45. The summed E-state index contributed by atoms with van der Waals surface area (Å²) in [5.41, 5.74) is 0.194. The van der Waals surface area contributed by atoms with E-state index in [2.05, 4.69) is 19.7 Å². The van der Waals surface area contributed by atoms with Crippen molar-refractivity contribution in [2.24, 2.45) is 0 Å². The second kappa shape index (κ2) is 9.24. The number of benzene rings is 2. The summed E-state index contributed by atoms with van der Waals surface area (Å²) in [6.45, 7) is 0. The molecular formula is C20H20N4O6S2. The van der Waals surface area contributed by atoms with Crippen molar-refractivity contribution >= 4 is 37.5 Å². The molecule has 3 rings (SSSR count). The van der Waals surface area contributed by atoms with E-state index in [1.165, 1.54) is 68.9 Å². The molecule has 0 fully saturated rings. The van der Waals surface area contributed by atoms with Crippen molar-refractivity contribution in [3.63, 3.8) is 0 Å². The fourth-order valence-corrected chi connectivity index (χ4v) is 4.80. The van der Waals surface area contributed by atoms with Crippen LogP contribution in [0.15, 0.2) is 76.7 Å². The fourth-order valence-electron chi connectivity index (χ4n) is 2.70. The molecule has 1 aromatic heterocycles. The third-order valence-electron chi connectivity index (χ3n) is 4.27. The molecule has 32 heavy (non-hydrogen) atoms. The predicted octanol–water partition coefficient (Wildman–Crippen LogP) is 2.05. The summed E-state index contributed by atoms with van der Waals surface area (Å²) in [6, 6.07) is 13.8. The van der Waals surface area contributed by atoms with E-state index < -0.39 is 26.0 Å². The molecule has 0 unspecified atom stereocenters. The van der Waals surface area contributed by atoms with Gasteiger partial charge in [0, 0.05) is 18.9 Å². The van der Waals surface area contributed by atoms with Crippen LogP contribution < -0.4 is 19.5 Å². The Morgan fingerprint density at radius 2 is 1.53 bits per heavy atom. The third kappa shape index (κ3) is 5.15. The number of nitrogens with one attached hydrogen (secondary N) is 3. The van der Waals surface area contributed by atoms with Gasteiger partial charge in [-0.25, -0.2) is 21.8 Å². The topological polar surface area (TPSA) is 144 Å². The van der Waals surface area contributed by atoms with Gasteiger partial charge >= 0.3 is 0 Å². The van der Waals surface area contributed by atoms with E-state index >= 15 is 0 Å². The Hall–Kier alpha value is -3.64. The van der Waals surface area contributed by atoms with Gasteiger partial charge in [0.1, 0.15) is 11.6 Å². The zero-order valence-electron chi connectivity index (χ0n) is 17.1. The maximum absolute atomic E-state index is 12.8. The highest BCUT2D eigenvalue weighted by atomic mass is 32.2. The molecule has 0 bridgehead atoms. The van der Waals surface area contributed by atoms with Crippen molar-refractivity contribution in [1.29, 1.82) is 0 Å². The van der Waals surface area contributed by atoms with Crippen molar-refractivity contribution in [3.05, 3.63) is 72.4 Å². The molecule has 0 aliphatic heterocycles. The zero-order chi connectivity index (χ0) is 23.4. The van der Waals surface area contributed by atoms with Crippen LogP contribution >= 0.6 is 0 Å². The normalized spacial score (nSPS) is 11.4. The van der Waals surface area contributed by atoms with Crippen molar-refractivity contribution in [1.82, 2.24) is 10.3 Å². The number of hydrogen-bond acceptors (Lipinski definition) is 7. The number of nitrogens with zero attached hydrogens (tertiary/aromatic N) is 1. The van der Waals surface area contributed by atoms with E-state index in [-0.39, 0.29) is 32.6 Å². The van der Waals surface area contributed by atoms with Crippen LogP contribution in [0.3, 0.4) is 0 Å². The average Bonchev–Trinajstić information content (AvgIpc) is 2.78. The van der Waals surface area contributed by atoms with Gasteiger partial charge in [-0.15, -0.1) is 0 Å². The lowest BCUT2D eigenvalue weighted by Gasteiger charge is -2.12. The van der Waals surface area contributed by atoms with E-state index in [4.69, 9.17) is 4.74 Å². The summed E-state index contributed by atoms with van der Waals surface area (Å²) < 4.78 is 60.3. The number of anilines is 2. The summed E-state index contributed by atoms with van der Waals surface area (Å²) in [4.78, 5) is 15.7. The largest absolute Gasteiger partial charge is 0.496 e. The lowest BCUT2D eigenvalue weighted by molar-refractivity contribution is 0.0960. The zero-order valence-corrected chi connectivity index (χ0v) is 18.7. The van der Waals surface area contributed by atoms with E-state index in [9.17, 15) is 21.6 Å². The Labute approximate surface area is 185 Å². The first kappa shape index (κ1) is 23.0. The number of carbonyl (C=O) groups excluding carboxylic acids is 1. The van der Waals surface area contributed by atoms with Crippen LogP contribution in [0.1, 0.15) is 10.4 Å². The molecule has 0 atom stereocenters. The van der Waals surface area contributed by atoms with Gasteiger partial charge in [-0.3, -0.25) is 14.2 Å². The number of rotatable bonds is 8. The molecule has 1 amide bonds. The quantitative estimate of drug-likeness (QED) is 0.451. The minimum atomic E-state index is -4.06.